The smallest absolute Gasteiger partial charge is 0.339 e. The molecule has 2 N–H and O–H groups in total. The van der Waals surface area contributed by atoms with E-state index in [0.29, 0.717) is 0 Å². The molecule has 0 radical (unpaired) electrons. The Kier molecular flexibility index (Phi) is 5.89. The van der Waals surface area contributed by atoms with Gasteiger partial charge in [0, 0.05) is 11.1 Å². The minimum absolute atomic E-state index is 0.362. The van der Waals surface area contributed by atoms with Crippen molar-refractivity contribution in [2.75, 3.05) is 14.2 Å². The second-order valence-corrected chi connectivity index (χ2v) is 5.38. The number of methoxy groups -OCH3 is 2. The average molecular weight is 386 g/mol. The van der Waals surface area contributed by atoms with Gasteiger partial charge in [-0.1, -0.05) is 24.3 Å². The fourth-order valence-corrected chi connectivity index (χ4v) is 2.63. The molecular weight excluding hydrogens is 372 g/mol. The highest BCUT2D eigenvalue weighted by Gasteiger charge is 2.30. The summed E-state index contributed by atoms with van der Waals surface area (Å²) in [6.07, 6.45) is 0. The summed E-state index contributed by atoms with van der Waals surface area (Å²) in [6, 6.07) is 7.05. The van der Waals surface area contributed by atoms with Crippen LogP contribution in [0, 0.1) is 0 Å². The average Bonchev–Trinajstić information content (AvgIpc) is 2.70. The van der Waals surface area contributed by atoms with E-state index >= 15 is 0 Å². The molecule has 2 rings (SSSR count). The molecule has 0 spiro atoms. The molecule has 0 saturated carbocycles. The lowest BCUT2D eigenvalue weighted by Crippen LogP contribution is -2.20. The standard InChI is InChI=1S/C19H14O9/c1-27-18(25)13-9(5-3-7-11(13)16(21)22)15(20)10-6-4-8-12(17(23)24)14(10)19(26)28-2/h3-8H,1-2H3,(H,21,22)(H,23,24). The second kappa shape index (κ2) is 8.12. The molecule has 0 fully saturated rings. The zero-order valence-corrected chi connectivity index (χ0v) is 14.7. The highest BCUT2D eigenvalue weighted by molar-refractivity contribution is 6.21. The molecule has 9 nitrogen and oxygen atoms in total. The molecular formula is C19H14O9. The molecule has 0 atom stereocenters. The van der Waals surface area contributed by atoms with Crippen molar-refractivity contribution < 1.29 is 43.7 Å². The second-order valence-electron chi connectivity index (χ2n) is 5.38. The minimum atomic E-state index is -1.47. The van der Waals surface area contributed by atoms with Crippen LogP contribution in [0.15, 0.2) is 36.4 Å². The minimum Gasteiger partial charge on any atom is -0.478 e. The van der Waals surface area contributed by atoms with E-state index in [0.717, 1.165) is 26.4 Å². The predicted octanol–water partition coefficient (Wildman–Crippen LogP) is 1.89. The number of esters is 2. The monoisotopic (exact) mass is 386 g/mol. The van der Waals surface area contributed by atoms with E-state index in [4.69, 9.17) is 0 Å². The Balaban J connectivity index is 2.82. The topological polar surface area (TPSA) is 144 Å². The number of rotatable bonds is 6. The van der Waals surface area contributed by atoms with E-state index in [9.17, 15) is 34.2 Å². The Morgan fingerprint density at radius 1 is 0.643 bits per heavy atom. The maximum Gasteiger partial charge on any atom is 0.339 e. The van der Waals surface area contributed by atoms with Crippen molar-refractivity contribution >= 4 is 29.7 Å². The number of carbonyl (C=O) groups excluding carboxylic acids is 3. The van der Waals surface area contributed by atoms with Crippen LogP contribution in [0.5, 0.6) is 0 Å². The Labute approximate surface area is 158 Å². The summed E-state index contributed by atoms with van der Waals surface area (Å²) in [6.45, 7) is 0. The zero-order chi connectivity index (χ0) is 21.0. The fourth-order valence-electron chi connectivity index (χ4n) is 2.63. The van der Waals surface area contributed by atoms with Crippen LogP contribution in [0.2, 0.25) is 0 Å². The van der Waals surface area contributed by atoms with Crippen LogP contribution in [-0.4, -0.2) is 54.1 Å². The lowest BCUT2D eigenvalue weighted by molar-refractivity contribution is 0.0579. The molecule has 0 heterocycles. The maximum absolute atomic E-state index is 13.1. The van der Waals surface area contributed by atoms with Crippen LogP contribution in [0.25, 0.3) is 0 Å². The SMILES string of the molecule is COC(=O)c1c(C(=O)O)cccc1C(=O)c1cccc(C(=O)O)c1C(=O)OC. The van der Waals surface area contributed by atoms with Gasteiger partial charge in [0.15, 0.2) is 5.78 Å². The quantitative estimate of drug-likeness (QED) is 0.561. The number of carboxylic acids is 2. The van der Waals surface area contributed by atoms with Crippen LogP contribution < -0.4 is 0 Å². The van der Waals surface area contributed by atoms with Crippen LogP contribution in [0.3, 0.4) is 0 Å². The third-order valence-electron chi connectivity index (χ3n) is 3.86. The molecule has 2 aromatic rings. The van der Waals surface area contributed by atoms with Crippen molar-refractivity contribution in [1.82, 2.24) is 0 Å². The highest BCUT2D eigenvalue weighted by atomic mass is 16.5. The van der Waals surface area contributed by atoms with Crippen LogP contribution in [0.1, 0.15) is 57.4 Å². The van der Waals surface area contributed by atoms with Gasteiger partial charge < -0.3 is 19.7 Å². The van der Waals surface area contributed by atoms with E-state index in [1.165, 1.54) is 24.3 Å². The first-order chi connectivity index (χ1) is 13.2. The molecule has 0 aliphatic heterocycles. The Morgan fingerprint density at radius 2 is 0.964 bits per heavy atom. The van der Waals surface area contributed by atoms with Crippen molar-refractivity contribution in [3.8, 4) is 0 Å². The largest absolute Gasteiger partial charge is 0.478 e. The van der Waals surface area contributed by atoms with Crippen molar-refractivity contribution in [3.05, 3.63) is 69.8 Å². The maximum atomic E-state index is 13.1. The van der Waals surface area contributed by atoms with Gasteiger partial charge >= 0.3 is 23.9 Å². The normalized spacial score (nSPS) is 10.1. The van der Waals surface area contributed by atoms with E-state index < -0.39 is 51.9 Å². The Morgan fingerprint density at radius 3 is 1.25 bits per heavy atom. The van der Waals surface area contributed by atoms with E-state index in [1.54, 1.807) is 0 Å². The Bertz CT molecular complexity index is 925. The molecule has 144 valence electrons. The first-order valence-corrected chi connectivity index (χ1v) is 7.68. The number of ether oxygens (including phenoxy) is 2. The first kappa shape index (κ1) is 20.3. The third kappa shape index (κ3) is 3.58. The van der Waals surface area contributed by atoms with Crippen LogP contribution in [0.4, 0.5) is 0 Å². The third-order valence-corrected chi connectivity index (χ3v) is 3.86. The predicted molar refractivity (Wildman–Crippen MR) is 92.9 cm³/mol. The summed E-state index contributed by atoms with van der Waals surface area (Å²) < 4.78 is 9.15. The molecule has 0 saturated heterocycles. The summed E-state index contributed by atoms with van der Waals surface area (Å²) in [5.41, 5.74) is -2.71. The molecule has 28 heavy (non-hydrogen) atoms. The zero-order valence-electron chi connectivity index (χ0n) is 14.7. The molecule has 0 unspecified atom stereocenters. The lowest BCUT2D eigenvalue weighted by Gasteiger charge is -2.13. The van der Waals surface area contributed by atoms with E-state index in [2.05, 4.69) is 9.47 Å². The summed E-state index contributed by atoms with van der Waals surface area (Å²) in [4.78, 5) is 60.2. The number of carboxylic acid groups (broad SMARTS) is 2. The van der Waals surface area contributed by atoms with Gasteiger partial charge in [0.1, 0.15) is 0 Å². The molecule has 0 aliphatic rings. The number of ketones is 1. The Hall–Kier alpha value is -4.01. The highest BCUT2D eigenvalue weighted by Crippen LogP contribution is 2.24. The van der Waals surface area contributed by atoms with Gasteiger partial charge in [-0.05, 0) is 12.1 Å². The molecule has 0 aliphatic carbocycles. The first-order valence-electron chi connectivity index (χ1n) is 7.68. The van der Waals surface area contributed by atoms with Gasteiger partial charge in [0.25, 0.3) is 0 Å². The summed E-state index contributed by atoms with van der Waals surface area (Å²) in [7, 11) is 2.03. The van der Waals surface area contributed by atoms with Gasteiger partial charge in [-0.3, -0.25) is 4.79 Å². The summed E-state index contributed by atoms with van der Waals surface area (Å²) in [5.74, 6) is -6.03. The summed E-state index contributed by atoms with van der Waals surface area (Å²) >= 11 is 0. The molecule has 0 bridgehead atoms. The van der Waals surface area contributed by atoms with Gasteiger partial charge in [0.2, 0.25) is 0 Å². The molecule has 0 aromatic heterocycles. The van der Waals surface area contributed by atoms with Crippen molar-refractivity contribution in [3.63, 3.8) is 0 Å². The van der Waals surface area contributed by atoms with Gasteiger partial charge in [-0.15, -0.1) is 0 Å². The van der Waals surface area contributed by atoms with Crippen LogP contribution >= 0.6 is 0 Å². The van der Waals surface area contributed by atoms with Gasteiger partial charge in [-0.25, -0.2) is 19.2 Å². The number of hydrogen-bond acceptors (Lipinski definition) is 7. The summed E-state index contributed by atoms with van der Waals surface area (Å²) in [5, 5.41) is 18.6. The number of benzene rings is 2. The molecule has 2 aromatic carbocycles. The van der Waals surface area contributed by atoms with Gasteiger partial charge in [-0.2, -0.15) is 0 Å². The number of hydrogen-bond donors (Lipinski definition) is 2. The number of aromatic carboxylic acids is 2. The van der Waals surface area contributed by atoms with Crippen molar-refractivity contribution in [1.29, 1.82) is 0 Å². The van der Waals surface area contributed by atoms with Crippen molar-refractivity contribution in [2.45, 2.75) is 0 Å². The van der Waals surface area contributed by atoms with E-state index in [-0.39, 0.29) is 11.1 Å². The van der Waals surface area contributed by atoms with Crippen molar-refractivity contribution in [2.24, 2.45) is 0 Å². The van der Waals surface area contributed by atoms with Gasteiger partial charge in [0.05, 0.1) is 36.5 Å². The molecule has 9 heteroatoms. The fraction of sp³-hybridized carbons (Fsp3) is 0.105. The van der Waals surface area contributed by atoms with E-state index in [1.807, 2.05) is 0 Å². The molecule has 0 amide bonds. The lowest BCUT2D eigenvalue weighted by atomic mass is 9.90. The number of carbonyl (C=O) groups is 5. The van der Waals surface area contributed by atoms with Crippen LogP contribution in [-0.2, 0) is 9.47 Å².